The largest absolute Gasteiger partial charge is 0.384 e. The van der Waals surface area contributed by atoms with Gasteiger partial charge in [0.2, 0.25) is 0 Å². The summed E-state index contributed by atoms with van der Waals surface area (Å²) in [4.78, 5) is 2.58. The molecule has 4 nitrogen and oxygen atoms in total. The molecule has 0 aromatic carbocycles. The summed E-state index contributed by atoms with van der Waals surface area (Å²) in [6, 6.07) is 0. The van der Waals surface area contributed by atoms with Crippen LogP contribution in [0.3, 0.4) is 0 Å². The lowest BCUT2D eigenvalue weighted by atomic mass is 9.46. The van der Waals surface area contributed by atoms with Gasteiger partial charge in [-0.1, -0.05) is 13.8 Å². The van der Waals surface area contributed by atoms with Crippen LogP contribution in [0.25, 0.3) is 0 Å². The molecule has 2 aliphatic heterocycles. The lowest BCUT2D eigenvalue weighted by molar-refractivity contribution is -0.232. The van der Waals surface area contributed by atoms with E-state index in [1.165, 1.54) is 38.8 Å². The van der Waals surface area contributed by atoms with Crippen LogP contribution in [0.2, 0.25) is 0 Å². The van der Waals surface area contributed by atoms with E-state index in [9.17, 15) is 0 Å². The third-order valence-electron chi connectivity index (χ3n) is 6.49. The van der Waals surface area contributed by atoms with Gasteiger partial charge in [-0.15, -0.1) is 0 Å². The van der Waals surface area contributed by atoms with E-state index in [2.05, 4.69) is 18.7 Å². The van der Waals surface area contributed by atoms with E-state index < -0.39 is 0 Å². The smallest absolute Gasteiger partial charge is 0.0690 e. The predicted octanol–water partition coefficient (Wildman–Crippen LogP) is 1.88. The van der Waals surface area contributed by atoms with Gasteiger partial charge in [-0.2, -0.15) is 0 Å². The first-order chi connectivity index (χ1) is 9.99. The van der Waals surface area contributed by atoms with E-state index in [-0.39, 0.29) is 11.0 Å². The number of hydrogen-bond donors (Lipinski definition) is 1. The molecule has 3 fully saturated rings. The fourth-order valence-corrected chi connectivity index (χ4v) is 4.90. The van der Waals surface area contributed by atoms with E-state index in [1.54, 1.807) is 7.11 Å². The Balaban J connectivity index is 1.59. The molecular formula is C17H32N2O2. The topological polar surface area (TPSA) is 47.7 Å². The van der Waals surface area contributed by atoms with Crippen LogP contribution in [0.1, 0.15) is 39.5 Å². The first kappa shape index (κ1) is 15.7. The maximum Gasteiger partial charge on any atom is 0.0690 e. The van der Waals surface area contributed by atoms with E-state index >= 15 is 0 Å². The van der Waals surface area contributed by atoms with Gasteiger partial charge in [-0.25, -0.2) is 0 Å². The zero-order valence-corrected chi connectivity index (χ0v) is 13.9. The van der Waals surface area contributed by atoms with Crippen LogP contribution in [0.15, 0.2) is 0 Å². The average Bonchev–Trinajstić information content (AvgIpc) is 2.49. The molecule has 0 radical (unpaired) electrons. The SMILES string of the molecule is COCC1CCN(CC2(N)C3CCCOC3C2(C)C)CC1. The maximum atomic E-state index is 6.91. The highest BCUT2D eigenvalue weighted by molar-refractivity contribution is 5.20. The number of hydrogen-bond acceptors (Lipinski definition) is 4. The summed E-state index contributed by atoms with van der Waals surface area (Å²) in [5.74, 6) is 1.29. The average molecular weight is 296 g/mol. The molecule has 3 rings (SSSR count). The molecule has 0 spiro atoms. The Morgan fingerprint density at radius 1 is 1.24 bits per heavy atom. The predicted molar refractivity (Wildman–Crippen MR) is 84.2 cm³/mol. The minimum atomic E-state index is -0.0772. The van der Waals surface area contributed by atoms with Gasteiger partial charge in [0.15, 0.2) is 0 Å². The molecule has 4 heteroatoms. The maximum absolute atomic E-state index is 6.91. The molecule has 3 atom stereocenters. The summed E-state index contributed by atoms with van der Waals surface area (Å²) >= 11 is 0. The van der Waals surface area contributed by atoms with Gasteiger partial charge in [-0.3, -0.25) is 0 Å². The molecule has 0 aromatic rings. The fourth-order valence-electron chi connectivity index (χ4n) is 4.90. The molecule has 0 amide bonds. The number of piperidine rings is 1. The Bertz CT molecular complexity index is 366. The highest BCUT2D eigenvalue weighted by atomic mass is 16.5. The Kier molecular flexibility index (Phi) is 4.34. The third kappa shape index (κ3) is 2.54. The number of rotatable bonds is 4. The summed E-state index contributed by atoms with van der Waals surface area (Å²) < 4.78 is 11.3. The second kappa shape index (κ2) is 5.80. The van der Waals surface area contributed by atoms with Crippen molar-refractivity contribution in [2.45, 2.75) is 51.2 Å². The van der Waals surface area contributed by atoms with Gasteiger partial charge < -0.3 is 20.1 Å². The monoisotopic (exact) mass is 296 g/mol. The van der Waals surface area contributed by atoms with Gasteiger partial charge in [0.25, 0.3) is 0 Å². The number of nitrogens with zero attached hydrogens (tertiary/aromatic N) is 1. The summed E-state index contributed by atoms with van der Waals surface area (Å²) in [6.45, 7) is 9.80. The standard InChI is InChI=1S/C17H32N2O2/c1-16(2)15-14(5-4-10-21-15)17(16,18)12-19-8-6-13(7-9-19)11-20-3/h13-15H,4-12,18H2,1-3H3. The first-order valence-electron chi connectivity index (χ1n) is 8.61. The van der Waals surface area contributed by atoms with E-state index in [0.717, 1.165) is 25.7 Å². The minimum absolute atomic E-state index is 0.0772. The van der Waals surface area contributed by atoms with Crippen LogP contribution in [0.5, 0.6) is 0 Å². The molecule has 2 heterocycles. The van der Waals surface area contributed by atoms with Gasteiger partial charge in [0.1, 0.15) is 0 Å². The van der Waals surface area contributed by atoms with Crippen molar-refractivity contribution in [1.82, 2.24) is 4.90 Å². The lowest BCUT2D eigenvalue weighted by Crippen LogP contribution is -2.80. The minimum Gasteiger partial charge on any atom is -0.384 e. The van der Waals surface area contributed by atoms with Crippen molar-refractivity contribution >= 4 is 0 Å². The van der Waals surface area contributed by atoms with E-state index in [0.29, 0.717) is 12.0 Å². The summed E-state index contributed by atoms with van der Waals surface area (Å²) in [5.41, 5.74) is 6.93. The molecule has 122 valence electrons. The fraction of sp³-hybridized carbons (Fsp3) is 1.00. The highest BCUT2D eigenvalue weighted by Crippen LogP contribution is 2.57. The molecule has 21 heavy (non-hydrogen) atoms. The molecule has 1 saturated carbocycles. The van der Waals surface area contributed by atoms with Gasteiger partial charge >= 0.3 is 0 Å². The van der Waals surface area contributed by atoms with Gasteiger partial charge in [-0.05, 0) is 44.7 Å². The number of fused-ring (bicyclic) bond motifs is 1. The van der Waals surface area contributed by atoms with Gasteiger partial charge in [0.05, 0.1) is 6.10 Å². The van der Waals surface area contributed by atoms with E-state index in [4.69, 9.17) is 15.2 Å². The number of methoxy groups -OCH3 is 1. The zero-order valence-electron chi connectivity index (χ0n) is 13.9. The number of likely N-dealkylation sites (tertiary alicyclic amines) is 1. The molecule has 2 saturated heterocycles. The molecule has 0 aromatic heterocycles. The molecule has 2 N–H and O–H groups in total. The molecule has 3 unspecified atom stereocenters. The van der Waals surface area contributed by atoms with Crippen LogP contribution in [0, 0.1) is 17.3 Å². The third-order valence-corrected chi connectivity index (χ3v) is 6.49. The van der Waals surface area contributed by atoms with Crippen LogP contribution >= 0.6 is 0 Å². The van der Waals surface area contributed by atoms with Crippen molar-refractivity contribution in [3.05, 3.63) is 0 Å². The Morgan fingerprint density at radius 2 is 1.95 bits per heavy atom. The Hall–Kier alpha value is -0.160. The Labute approximate surface area is 129 Å². The first-order valence-corrected chi connectivity index (χ1v) is 8.61. The second-order valence-corrected chi connectivity index (χ2v) is 7.98. The highest BCUT2D eigenvalue weighted by Gasteiger charge is 2.66. The Morgan fingerprint density at radius 3 is 2.62 bits per heavy atom. The van der Waals surface area contributed by atoms with Crippen molar-refractivity contribution in [2.24, 2.45) is 23.0 Å². The van der Waals surface area contributed by atoms with Gasteiger partial charge in [0, 0.05) is 43.7 Å². The van der Waals surface area contributed by atoms with Crippen molar-refractivity contribution in [3.63, 3.8) is 0 Å². The van der Waals surface area contributed by atoms with Crippen molar-refractivity contribution in [2.75, 3.05) is 40.0 Å². The van der Waals surface area contributed by atoms with Crippen molar-refractivity contribution in [3.8, 4) is 0 Å². The molecular weight excluding hydrogens is 264 g/mol. The summed E-state index contributed by atoms with van der Waals surface area (Å²) in [7, 11) is 1.81. The number of ether oxygens (including phenoxy) is 2. The summed E-state index contributed by atoms with van der Waals surface area (Å²) in [5, 5.41) is 0. The summed E-state index contributed by atoms with van der Waals surface area (Å²) in [6.07, 6.45) is 5.28. The van der Waals surface area contributed by atoms with E-state index in [1.807, 2.05) is 0 Å². The number of nitrogens with two attached hydrogens (primary N) is 1. The quantitative estimate of drug-likeness (QED) is 0.860. The normalized spacial score (nSPS) is 40.6. The second-order valence-electron chi connectivity index (χ2n) is 7.98. The molecule has 0 bridgehead atoms. The van der Waals surface area contributed by atoms with Crippen LogP contribution in [-0.4, -0.2) is 56.5 Å². The van der Waals surface area contributed by atoms with Crippen molar-refractivity contribution in [1.29, 1.82) is 0 Å². The van der Waals surface area contributed by atoms with Crippen molar-refractivity contribution < 1.29 is 9.47 Å². The van der Waals surface area contributed by atoms with Crippen LogP contribution in [0.4, 0.5) is 0 Å². The molecule has 1 aliphatic carbocycles. The zero-order chi connectivity index (χ0) is 15.1. The molecule has 3 aliphatic rings. The van der Waals surface area contributed by atoms with Crippen LogP contribution < -0.4 is 5.73 Å². The van der Waals surface area contributed by atoms with Crippen LogP contribution in [-0.2, 0) is 9.47 Å². The lowest BCUT2D eigenvalue weighted by Gasteiger charge is -2.67.